The quantitative estimate of drug-likeness (QED) is 0.773. The van der Waals surface area contributed by atoms with Gasteiger partial charge < -0.3 is 20.1 Å². The first kappa shape index (κ1) is 21.9. The molecule has 1 heterocycles. The van der Waals surface area contributed by atoms with Crippen molar-refractivity contribution in [3.8, 4) is 0 Å². The minimum absolute atomic E-state index is 0. The molecule has 5 nitrogen and oxygen atoms in total. The molecule has 1 saturated heterocycles. The van der Waals surface area contributed by atoms with E-state index in [4.69, 9.17) is 4.74 Å². The van der Waals surface area contributed by atoms with E-state index in [1.54, 1.807) is 12.0 Å². The number of aryl methyl sites for hydroxylation is 1. The lowest BCUT2D eigenvalue weighted by molar-refractivity contribution is -0.148. The summed E-state index contributed by atoms with van der Waals surface area (Å²) < 4.78 is 5.37. The number of piperidine rings is 1. The van der Waals surface area contributed by atoms with Crippen LogP contribution in [0.2, 0.25) is 0 Å². The SMILES string of the molecule is CCN(CC(O)c1ccc(C)cc1)C(=O)C1(COC)CCNCC1.Cl. The lowest BCUT2D eigenvalue weighted by Crippen LogP contribution is -2.52. The second-order valence-corrected chi connectivity index (χ2v) is 6.73. The summed E-state index contributed by atoms with van der Waals surface area (Å²) in [4.78, 5) is 14.9. The summed E-state index contributed by atoms with van der Waals surface area (Å²) in [7, 11) is 1.65. The van der Waals surface area contributed by atoms with Crippen LogP contribution < -0.4 is 5.32 Å². The van der Waals surface area contributed by atoms with Crippen molar-refractivity contribution in [1.82, 2.24) is 10.2 Å². The Labute approximate surface area is 157 Å². The highest BCUT2D eigenvalue weighted by Gasteiger charge is 2.42. The number of amides is 1. The lowest BCUT2D eigenvalue weighted by atomic mass is 9.78. The molecule has 0 saturated carbocycles. The molecule has 2 N–H and O–H groups in total. The number of benzene rings is 1. The Balaban J connectivity index is 0.00000312. The van der Waals surface area contributed by atoms with Crippen molar-refractivity contribution in [2.45, 2.75) is 32.8 Å². The average Bonchev–Trinajstić information content (AvgIpc) is 2.60. The van der Waals surface area contributed by atoms with Crippen LogP contribution >= 0.6 is 12.4 Å². The van der Waals surface area contributed by atoms with Crippen molar-refractivity contribution < 1.29 is 14.6 Å². The highest BCUT2D eigenvalue weighted by atomic mass is 35.5. The van der Waals surface area contributed by atoms with Crippen molar-refractivity contribution in [3.05, 3.63) is 35.4 Å². The molecule has 1 unspecified atom stereocenters. The van der Waals surface area contributed by atoms with Gasteiger partial charge in [0.05, 0.1) is 24.7 Å². The first-order valence-corrected chi connectivity index (χ1v) is 8.76. The fraction of sp³-hybridized carbons (Fsp3) is 0.632. The van der Waals surface area contributed by atoms with E-state index in [-0.39, 0.29) is 18.3 Å². The molecule has 1 amide bonds. The Bertz CT molecular complexity index is 524. The maximum absolute atomic E-state index is 13.2. The number of aliphatic hydroxyl groups excluding tert-OH is 1. The van der Waals surface area contributed by atoms with Crippen molar-refractivity contribution in [1.29, 1.82) is 0 Å². The number of hydrogen-bond donors (Lipinski definition) is 2. The Hall–Kier alpha value is -1.14. The number of hydrogen-bond acceptors (Lipinski definition) is 4. The molecular weight excluding hydrogens is 340 g/mol. The summed E-state index contributed by atoms with van der Waals surface area (Å²) in [5, 5.41) is 13.8. The summed E-state index contributed by atoms with van der Waals surface area (Å²) in [5.41, 5.74) is 1.53. The maximum Gasteiger partial charge on any atom is 0.231 e. The molecule has 1 atom stereocenters. The van der Waals surface area contributed by atoms with Crippen molar-refractivity contribution in [2.75, 3.05) is 39.9 Å². The van der Waals surface area contributed by atoms with Gasteiger partial charge in [0.2, 0.25) is 5.91 Å². The van der Waals surface area contributed by atoms with Gasteiger partial charge in [-0.3, -0.25) is 4.79 Å². The Morgan fingerprint density at radius 3 is 2.44 bits per heavy atom. The molecule has 0 aliphatic carbocycles. The first-order chi connectivity index (χ1) is 11.5. The minimum atomic E-state index is -0.671. The molecule has 1 aromatic rings. The number of nitrogens with one attached hydrogen (secondary N) is 1. The molecule has 1 aliphatic rings. The molecule has 0 aromatic heterocycles. The normalized spacial score (nSPS) is 17.4. The molecule has 25 heavy (non-hydrogen) atoms. The highest BCUT2D eigenvalue weighted by molar-refractivity contribution is 5.85. The standard InChI is InChI=1S/C19H30N2O3.ClH/c1-4-21(13-17(22)16-7-5-15(2)6-8-16)18(23)19(14-24-3)9-11-20-12-10-19;/h5-8,17,20,22H,4,9-14H2,1-3H3;1H. The number of likely N-dealkylation sites (N-methyl/N-ethyl adjacent to an activating group) is 1. The van der Waals surface area contributed by atoms with Crippen LogP contribution in [0.25, 0.3) is 0 Å². The van der Waals surface area contributed by atoms with Crippen LogP contribution in [0.5, 0.6) is 0 Å². The minimum Gasteiger partial charge on any atom is -0.387 e. The zero-order chi connectivity index (χ0) is 17.6. The molecule has 0 spiro atoms. The number of ether oxygens (including phenoxy) is 1. The fourth-order valence-electron chi connectivity index (χ4n) is 3.40. The van der Waals surface area contributed by atoms with Gasteiger partial charge in [-0.1, -0.05) is 29.8 Å². The van der Waals surface area contributed by atoms with Crippen LogP contribution in [-0.4, -0.2) is 55.8 Å². The van der Waals surface area contributed by atoms with Crippen LogP contribution in [0.3, 0.4) is 0 Å². The van der Waals surface area contributed by atoms with Crippen molar-refractivity contribution >= 4 is 18.3 Å². The zero-order valence-electron chi connectivity index (χ0n) is 15.5. The molecule has 0 radical (unpaired) electrons. The number of rotatable bonds is 7. The van der Waals surface area contributed by atoms with Crippen LogP contribution in [0.1, 0.15) is 37.0 Å². The first-order valence-electron chi connectivity index (χ1n) is 8.76. The number of carbonyl (C=O) groups is 1. The predicted molar refractivity (Wildman–Crippen MR) is 102 cm³/mol. The summed E-state index contributed by atoms with van der Waals surface area (Å²) in [6.07, 6.45) is 0.879. The molecule has 1 aliphatic heterocycles. The van der Waals surface area contributed by atoms with E-state index in [2.05, 4.69) is 5.32 Å². The average molecular weight is 371 g/mol. The van der Waals surface area contributed by atoms with Gasteiger partial charge in [0.25, 0.3) is 0 Å². The molecule has 6 heteroatoms. The molecular formula is C19H31ClN2O3. The smallest absolute Gasteiger partial charge is 0.231 e. The Kier molecular flexibility index (Phi) is 8.86. The summed E-state index contributed by atoms with van der Waals surface area (Å²) >= 11 is 0. The number of halogens is 1. The van der Waals surface area contributed by atoms with E-state index < -0.39 is 11.5 Å². The zero-order valence-corrected chi connectivity index (χ0v) is 16.3. The summed E-state index contributed by atoms with van der Waals surface area (Å²) in [6.45, 7) is 6.97. The van der Waals surface area contributed by atoms with Crippen molar-refractivity contribution in [3.63, 3.8) is 0 Å². The van der Waals surface area contributed by atoms with Gasteiger partial charge in [-0.25, -0.2) is 0 Å². The van der Waals surface area contributed by atoms with Crippen LogP contribution in [-0.2, 0) is 9.53 Å². The van der Waals surface area contributed by atoms with E-state index in [0.29, 0.717) is 19.7 Å². The van der Waals surface area contributed by atoms with Gasteiger partial charge in [-0.05, 0) is 45.3 Å². The largest absolute Gasteiger partial charge is 0.387 e. The van der Waals surface area contributed by atoms with E-state index in [1.165, 1.54) is 0 Å². The molecule has 142 valence electrons. The van der Waals surface area contributed by atoms with E-state index in [0.717, 1.165) is 37.1 Å². The third-order valence-electron chi connectivity index (χ3n) is 4.96. The third kappa shape index (κ3) is 5.42. The van der Waals surface area contributed by atoms with Gasteiger partial charge in [-0.2, -0.15) is 0 Å². The van der Waals surface area contributed by atoms with Crippen molar-refractivity contribution in [2.24, 2.45) is 5.41 Å². The Morgan fingerprint density at radius 1 is 1.32 bits per heavy atom. The molecule has 1 aromatic carbocycles. The van der Waals surface area contributed by atoms with E-state index in [9.17, 15) is 9.90 Å². The van der Waals surface area contributed by atoms with Crippen LogP contribution in [0, 0.1) is 12.3 Å². The fourth-order valence-corrected chi connectivity index (χ4v) is 3.40. The van der Waals surface area contributed by atoms with Crippen LogP contribution in [0.4, 0.5) is 0 Å². The topological polar surface area (TPSA) is 61.8 Å². The second kappa shape index (κ2) is 10.1. The van der Waals surface area contributed by atoms with Gasteiger partial charge >= 0.3 is 0 Å². The maximum atomic E-state index is 13.2. The summed E-state index contributed by atoms with van der Waals surface area (Å²) in [5.74, 6) is 0.0968. The molecule has 0 bridgehead atoms. The van der Waals surface area contributed by atoms with Gasteiger partial charge in [-0.15, -0.1) is 12.4 Å². The number of carbonyl (C=O) groups excluding carboxylic acids is 1. The predicted octanol–water partition coefficient (Wildman–Crippen LogP) is 2.31. The Morgan fingerprint density at radius 2 is 1.92 bits per heavy atom. The van der Waals surface area contributed by atoms with Gasteiger partial charge in [0.1, 0.15) is 0 Å². The van der Waals surface area contributed by atoms with Gasteiger partial charge in [0, 0.05) is 13.7 Å². The van der Waals surface area contributed by atoms with Gasteiger partial charge in [0.15, 0.2) is 0 Å². The van der Waals surface area contributed by atoms with E-state index in [1.807, 2.05) is 38.1 Å². The van der Waals surface area contributed by atoms with E-state index >= 15 is 0 Å². The highest BCUT2D eigenvalue weighted by Crippen LogP contribution is 2.32. The number of methoxy groups -OCH3 is 1. The summed E-state index contributed by atoms with van der Waals surface area (Å²) in [6, 6.07) is 7.81. The number of aliphatic hydroxyl groups is 1. The molecule has 1 fully saturated rings. The monoisotopic (exact) mass is 370 g/mol. The second-order valence-electron chi connectivity index (χ2n) is 6.73. The number of nitrogens with zero attached hydrogens (tertiary/aromatic N) is 1. The molecule has 2 rings (SSSR count). The van der Waals surface area contributed by atoms with Crippen LogP contribution in [0.15, 0.2) is 24.3 Å². The third-order valence-corrected chi connectivity index (χ3v) is 4.96. The lowest BCUT2D eigenvalue weighted by Gasteiger charge is -2.39.